The molecule has 4 nitrogen and oxygen atoms in total. The molecule has 0 saturated carbocycles. The minimum absolute atomic E-state index is 0.102. The minimum Gasteiger partial charge on any atom is -0.462 e. The summed E-state index contributed by atoms with van der Waals surface area (Å²) in [5.74, 6) is -0.708. The van der Waals surface area contributed by atoms with Crippen LogP contribution >= 0.6 is 11.3 Å². The van der Waals surface area contributed by atoms with Gasteiger partial charge >= 0.3 is 5.97 Å². The van der Waals surface area contributed by atoms with Crippen molar-refractivity contribution >= 4 is 17.3 Å². The van der Waals surface area contributed by atoms with Crippen molar-refractivity contribution in [3.05, 3.63) is 21.9 Å². The van der Waals surface area contributed by atoms with Crippen LogP contribution in [-0.4, -0.2) is 31.1 Å². The molecule has 0 spiro atoms. The average Bonchev–Trinajstić information content (AvgIpc) is 2.93. The van der Waals surface area contributed by atoms with E-state index in [1.165, 1.54) is 11.3 Å². The molecule has 0 amide bonds. The maximum absolute atomic E-state index is 11.8. The van der Waals surface area contributed by atoms with Crippen LogP contribution in [0.2, 0.25) is 0 Å². The predicted octanol–water partition coefficient (Wildman–Crippen LogP) is 3.01. The maximum Gasteiger partial charge on any atom is 0.348 e. The third-order valence-electron chi connectivity index (χ3n) is 3.01. The molecule has 1 saturated heterocycles. The van der Waals surface area contributed by atoms with Crippen molar-refractivity contribution in [3.8, 4) is 0 Å². The Kier molecular flexibility index (Phi) is 4.60. The van der Waals surface area contributed by atoms with Crippen LogP contribution < -0.4 is 0 Å². The van der Waals surface area contributed by atoms with Gasteiger partial charge in [-0.3, -0.25) is 0 Å². The standard InChI is InChI=1S/C14H20O4S/c1-4-16-13(15)12-10(7-8-19-12)5-6-11-9-17-14(2,3)18-11/h7-8,11H,4-6,9H2,1-3H3/t11-/m0/s1. The first-order valence-corrected chi connectivity index (χ1v) is 7.45. The van der Waals surface area contributed by atoms with E-state index in [1.807, 2.05) is 32.2 Å². The number of carbonyl (C=O) groups is 1. The number of aryl methyl sites for hydroxylation is 1. The summed E-state index contributed by atoms with van der Waals surface area (Å²) in [6, 6.07) is 1.98. The Hall–Kier alpha value is -0.910. The van der Waals surface area contributed by atoms with E-state index < -0.39 is 5.79 Å². The van der Waals surface area contributed by atoms with Gasteiger partial charge < -0.3 is 14.2 Å². The molecule has 0 radical (unpaired) electrons. The quantitative estimate of drug-likeness (QED) is 0.780. The number of esters is 1. The molecule has 1 aromatic heterocycles. The lowest BCUT2D eigenvalue weighted by atomic mass is 10.1. The van der Waals surface area contributed by atoms with E-state index >= 15 is 0 Å². The van der Waals surface area contributed by atoms with Crippen LogP contribution in [0.5, 0.6) is 0 Å². The Morgan fingerprint density at radius 2 is 2.37 bits per heavy atom. The number of hydrogen-bond donors (Lipinski definition) is 0. The lowest BCUT2D eigenvalue weighted by molar-refractivity contribution is -0.138. The van der Waals surface area contributed by atoms with E-state index in [-0.39, 0.29) is 12.1 Å². The molecule has 2 heterocycles. The summed E-state index contributed by atoms with van der Waals surface area (Å²) in [6.45, 7) is 6.68. The minimum atomic E-state index is -0.483. The van der Waals surface area contributed by atoms with Crippen molar-refractivity contribution in [1.29, 1.82) is 0 Å². The SMILES string of the molecule is CCOC(=O)c1sccc1CC[C@H]1COC(C)(C)O1. The highest BCUT2D eigenvalue weighted by Gasteiger charge is 2.32. The van der Waals surface area contributed by atoms with E-state index in [0.717, 1.165) is 18.4 Å². The van der Waals surface area contributed by atoms with Crippen molar-refractivity contribution in [2.24, 2.45) is 0 Å². The molecule has 19 heavy (non-hydrogen) atoms. The molecule has 106 valence electrons. The summed E-state index contributed by atoms with van der Waals surface area (Å²) in [4.78, 5) is 12.5. The van der Waals surface area contributed by atoms with Crippen LogP contribution in [0.15, 0.2) is 11.4 Å². The first-order valence-electron chi connectivity index (χ1n) is 6.57. The molecule has 5 heteroatoms. The number of thiophene rings is 1. The summed E-state index contributed by atoms with van der Waals surface area (Å²) in [6.07, 6.45) is 1.76. The lowest BCUT2D eigenvalue weighted by Crippen LogP contribution is -2.21. The fourth-order valence-corrected chi connectivity index (χ4v) is 2.98. The third kappa shape index (κ3) is 3.78. The number of hydrogen-bond acceptors (Lipinski definition) is 5. The second-order valence-electron chi connectivity index (χ2n) is 4.98. The molecule has 1 fully saturated rings. The van der Waals surface area contributed by atoms with Gasteiger partial charge in [0.05, 0.1) is 19.3 Å². The van der Waals surface area contributed by atoms with Crippen LogP contribution in [0, 0.1) is 0 Å². The Balaban J connectivity index is 1.90. The van der Waals surface area contributed by atoms with Gasteiger partial charge in [-0.25, -0.2) is 4.79 Å². The summed E-state index contributed by atoms with van der Waals surface area (Å²) >= 11 is 1.43. The van der Waals surface area contributed by atoms with E-state index in [1.54, 1.807) is 0 Å². The summed E-state index contributed by atoms with van der Waals surface area (Å²) in [5, 5.41) is 1.93. The largest absolute Gasteiger partial charge is 0.462 e. The van der Waals surface area contributed by atoms with Crippen molar-refractivity contribution in [1.82, 2.24) is 0 Å². The molecule has 0 unspecified atom stereocenters. The van der Waals surface area contributed by atoms with E-state index in [0.29, 0.717) is 18.1 Å². The first-order chi connectivity index (χ1) is 9.02. The van der Waals surface area contributed by atoms with Gasteiger partial charge in [0.25, 0.3) is 0 Å². The predicted molar refractivity (Wildman–Crippen MR) is 73.5 cm³/mol. The van der Waals surface area contributed by atoms with Crippen LogP contribution in [-0.2, 0) is 20.6 Å². The van der Waals surface area contributed by atoms with Gasteiger partial charge in [0.1, 0.15) is 4.88 Å². The second-order valence-corrected chi connectivity index (χ2v) is 5.90. The fraction of sp³-hybridized carbons (Fsp3) is 0.643. The van der Waals surface area contributed by atoms with Crippen molar-refractivity contribution in [3.63, 3.8) is 0 Å². The zero-order valence-corrected chi connectivity index (χ0v) is 12.4. The second kappa shape index (κ2) is 6.03. The zero-order valence-electron chi connectivity index (χ0n) is 11.6. The summed E-state index contributed by atoms with van der Waals surface area (Å²) in [7, 11) is 0. The van der Waals surface area contributed by atoms with Crippen molar-refractivity contribution < 1.29 is 19.0 Å². The Morgan fingerprint density at radius 3 is 3.00 bits per heavy atom. The highest BCUT2D eigenvalue weighted by Crippen LogP contribution is 2.26. The molecular formula is C14H20O4S. The van der Waals surface area contributed by atoms with Crippen molar-refractivity contribution in [2.45, 2.75) is 45.5 Å². The Morgan fingerprint density at radius 1 is 1.58 bits per heavy atom. The van der Waals surface area contributed by atoms with Crippen LogP contribution in [0.3, 0.4) is 0 Å². The van der Waals surface area contributed by atoms with Gasteiger partial charge in [-0.2, -0.15) is 0 Å². The third-order valence-corrected chi connectivity index (χ3v) is 3.95. The molecule has 0 bridgehead atoms. The molecule has 0 aromatic carbocycles. The highest BCUT2D eigenvalue weighted by molar-refractivity contribution is 7.12. The van der Waals surface area contributed by atoms with Gasteiger partial charge in [0.15, 0.2) is 5.79 Å². The van der Waals surface area contributed by atoms with Gasteiger partial charge in [-0.1, -0.05) is 0 Å². The Bertz CT molecular complexity index is 438. The van der Waals surface area contributed by atoms with Crippen LogP contribution in [0.25, 0.3) is 0 Å². The van der Waals surface area contributed by atoms with Crippen LogP contribution in [0.1, 0.15) is 42.4 Å². The van der Waals surface area contributed by atoms with Gasteiger partial charge in [0.2, 0.25) is 0 Å². The molecule has 1 aromatic rings. The fourth-order valence-electron chi connectivity index (χ4n) is 2.13. The van der Waals surface area contributed by atoms with Gasteiger partial charge in [-0.05, 0) is 50.6 Å². The maximum atomic E-state index is 11.8. The average molecular weight is 284 g/mol. The van der Waals surface area contributed by atoms with Crippen LogP contribution in [0.4, 0.5) is 0 Å². The molecule has 0 N–H and O–H groups in total. The molecule has 1 atom stereocenters. The van der Waals surface area contributed by atoms with Crippen molar-refractivity contribution in [2.75, 3.05) is 13.2 Å². The molecule has 1 aliphatic heterocycles. The Labute approximate surface area is 117 Å². The smallest absolute Gasteiger partial charge is 0.348 e. The molecule has 0 aliphatic carbocycles. The normalized spacial score (nSPS) is 21.5. The number of ether oxygens (including phenoxy) is 3. The number of rotatable bonds is 5. The van der Waals surface area contributed by atoms with Gasteiger partial charge in [0, 0.05) is 0 Å². The van der Waals surface area contributed by atoms with E-state index in [4.69, 9.17) is 14.2 Å². The summed E-state index contributed by atoms with van der Waals surface area (Å²) < 4.78 is 16.3. The monoisotopic (exact) mass is 284 g/mol. The lowest BCUT2D eigenvalue weighted by Gasteiger charge is -2.17. The first kappa shape index (κ1) is 14.5. The summed E-state index contributed by atoms with van der Waals surface area (Å²) in [5.41, 5.74) is 1.04. The van der Waals surface area contributed by atoms with E-state index in [9.17, 15) is 4.79 Å². The molecular weight excluding hydrogens is 264 g/mol. The van der Waals surface area contributed by atoms with E-state index in [2.05, 4.69) is 0 Å². The molecule has 2 rings (SSSR count). The topological polar surface area (TPSA) is 44.8 Å². The number of carbonyl (C=O) groups excluding carboxylic acids is 1. The zero-order chi connectivity index (χ0) is 13.9. The highest BCUT2D eigenvalue weighted by atomic mass is 32.1. The molecule has 1 aliphatic rings. The van der Waals surface area contributed by atoms with Gasteiger partial charge in [-0.15, -0.1) is 11.3 Å².